The Kier molecular flexibility index (Phi) is 7.05. The van der Waals surface area contributed by atoms with Crippen LogP contribution in [0, 0.1) is 0 Å². The summed E-state index contributed by atoms with van der Waals surface area (Å²) < 4.78 is 0.438. The van der Waals surface area contributed by atoms with E-state index in [1.54, 1.807) is 12.1 Å². The molecule has 0 aliphatic carbocycles. The summed E-state index contributed by atoms with van der Waals surface area (Å²) in [6.07, 6.45) is 1.88. The maximum absolute atomic E-state index is 12.7. The van der Waals surface area contributed by atoms with E-state index in [2.05, 4.69) is 5.32 Å². The van der Waals surface area contributed by atoms with Gasteiger partial charge in [0, 0.05) is 23.7 Å². The molecule has 160 valence electrons. The molecule has 0 unspecified atom stereocenters. The number of carbonyl (C=O) groups excluding carboxylic acids is 2. The molecule has 3 aromatic rings. The normalized spacial score (nSPS) is 14.8. The summed E-state index contributed by atoms with van der Waals surface area (Å²) >= 11 is 12.8. The van der Waals surface area contributed by atoms with Crippen LogP contribution in [0.3, 0.4) is 0 Å². The first-order valence-corrected chi connectivity index (χ1v) is 11.6. The van der Waals surface area contributed by atoms with Crippen molar-refractivity contribution in [2.45, 2.75) is 6.42 Å². The average molecular weight is 479 g/mol. The van der Waals surface area contributed by atoms with Crippen LogP contribution in [0.1, 0.15) is 12.0 Å². The van der Waals surface area contributed by atoms with E-state index >= 15 is 0 Å². The molecule has 0 aromatic heterocycles. The monoisotopic (exact) mass is 478 g/mol. The van der Waals surface area contributed by atoms with Crippen LogP contribution in [0.2, 0.25) is 5.02 Å². The maximum Gasteiger partial charge on any atom is 0.266 e. The molecule has 0 atom stereocenters. The Balaban J connectivity index is 1.34. The van der Waals surface area contributed by atoms with E-state index in [0.717, 1.165) is 16.7 Å². The van der Waals surface area contributed by atoms with Crippen molar-refractivity contribution < 1.29 is 9.59 Å². The third-order valence-electron chi connectivity index (χ3n) is 4.90. The lowest BCUT2D eigenvalue weighted by atomic mass is 10.1. The Hall–Kier alpha value is -2.93. The minimum atomic E-state index is -0.208. The second kappa shape index (κ2) is 10.1. The molecule has 0 radical (unpaired) electrons. The number of nitrogens with one attached hydrogen (secondary N) is 1. The van der Waals surface area contributed by atoms with E-state index < -0.39 is 0 Å². The van der Waals surface area contributed by atoms with Gasteiger partial charge in [0.25, 0.3) is 5.91 Å². The summed E-state index contributed by atoms with van der Waals surface area (Å²) in [5, 5.41) is 3.44. The number of carbonyl (C=O) groups is 2. The molecule has 4 nitrogen and oxygen atoms in total. The van der Waals surface area contributed by atoms with Crippen molar-refractivity contribution in [3.05, 3.63) is 94.4 Å². The van der Waals surface area contributed by atoms with Gasteiger partial charge < -0.3 is 5.32 Å². The fourth-order valence-corrected chi connectivity index (χ4v) is 4.73. The molecule has 1 saturated heterocycles. The van der Waals surface area contributed by atoms with Gasteiger partial charge in [0.2, 0.25) is 5.91 Å². The summed E-state index contributed by atoms with van der Waals surface area (Å²) in [4.78, 5) is 27.1. The van der Waals surface area contributed by atoms with Crippen LogP contribution in [-0.2, 0) is 9.59 Å². The zero-order chi connectivity index (χ0) is 22.5. The molecule has 4 rings (SSSR count). The highest BCUT2D eigenvalue weighted by atomic mass is 35.5. The molecule has 2 amide bonds. The van der Waals surface area contributed by atoms with E-state index in [1.807, 2.05) is 72.8 Å². The number of nitrogens with zero attached hydrogens (tertiary/aromatic N) is 1. The first-order valence-electron chi connectivity index (χ1n) is 9.96. The maximum atomic E-state index is 12.7. The molecule has 1 fully saturated rings. The van der Waals surface area contributed by atoms with Crippen molar-refractivity contribution in [2.24, 2.45) is 0 Å². The fourth-order valence-electron chi connectivity index (χ4n) is 3.24. The number of anilines is 1. The van der Waals surface area contributed by atoms with Crippen LogP contribution in [0.15, 0.2) is 83.8 Å². The van der Waals surface area contributed by atoms with Gasteiger partial charge in [-0.05, 0) is 41.0 Å². The predicted octanol–water partition coefficient (Wildman–Crippen LogP) is 6.24. The lowest BCUT2D eigenvalue weighted by Gasteiger charge is -2.14. The highest BCUT2D eigenvalue weighted by Crippen LogP contribution is 2.33. The first kappa shape index (κ1) is 22.3. The number of amides is 2. The van der Waals surface area contributed by atoms with Crippen molar-refractivity contribution in [1.82, 2.24) is 4.90 Å². The molecule has 7 heteroatoms. The van der Waals surface area contributed by atoms with E-state index in [4.69, 9.17) is 23.8 Å². The van der Waals surface area contributed by atoms with Crippen LogP contribution < -0.4 is 5.32 Å². The number of rotatable bonds is 6. The van der Waals surface area contributed by atoms with Gasteiger partial charge in [-0.3, -0.25) is 14.5 Å². The summed E-state index contributed by atoms with van der Waals surface area (Å²) in [6.45, 7) is 0.221. The third-order valence-corrected chi connectivity index (χ3v) is 6.63. The minimum Gasteiger partial charge on any atom is -0.326 e. The quantitative estimate of drug-likeness (QED) is 0.336. The second-order valence-electron chi connectivity index (χ2n) is 7.10. The number of benzene rings is 3. The van der Waals surface area contributed by atoms with Gasteiger partial charge in [-0.2, -0.15) is 0 Å². The van der Waals surface area contributed by atoms with E-state index in [0.29, 0.717) is 19.9 Å². The zero-order valence-corrected chi connectivity index (χ0v) is 19.3. The minimum absolute atomic E-state index is 0.145. The molecule has 1 aliphatic rings. The third kappa shape index (κ3) is 5.27. The van der Waals surface area contributed by atoms with Crippen molar-refractivity contribution in [2.75, 3.05) is 11.9 Å². The Morgan fingerprint density at radius 2 is 1.62 bits per heavy atom. The van der Waals surface area contributed by atoms with Crippen molar-refractivity contribution in [3.8, 4) is 11.1 Å². The number of hydrogen-bond donors (Lipinski definition) is 1. The molecule has 1 aliphatic heterocycles. The number of halogens is 1. The topological polar surface area (TPSA) is 49.4 Å². The Bertz CT molecular complexity index is 1190. The van der Waals surface area contributed by atoms with Gasteiger partial charge in [0.1, 0.15) is 4.32 Å². The molecule has 1 heterocycles. The lowest BCUT2D eigenvalue weighted by molar-refractivity contribution is -0.122. The van der Waals surface area contributed by atoms with Crippen LogP contribution >= 0.6 is 35.6 Å². The van der Waals surface area contributed by atoms with Gasteiger partial charge in [-0.15, -0.1) is 0 Å². The zero-order valence-electron chi connectivity index (χ0n) is 17.0. The highest BCUT2D eigenvalue weighted by Gasteiger charge is 2.32. The Morgan fingerprint density at radius 3 is 2.34 bits per heavy atom. The molecular weight excluding hydrogens is 460 g/mol. The molecule has 0 spiro atoms. The number of thiocarbonyl (C=S) groups is 1. The SMILES string of the molecule is O=C(CCN1C(=O)/C(=C\c2ccccc2Cl)SC1=S)Nc1ccc(-c2ccccc2)cc1. The predicted molar refractivity (Wildman–Crippen MR) is 136 cm³/mol. The van der Waals surface area contributed by atoms with Gasteiger partial charge in [0.15, 0.2) is 0 Å². The van der Waals surface area contributed by atoms with Gasteiger partial charge >= 0.3 is 0 Å². The molecule has 1 N–H and O–H groups in total. The summed E-state index contributed by atoms with van der Waals surface area (Å²) in [5.41, 5.74) is 3.65. The van der Waals surface area contributed by atoms with Gasteiger partial charge in [-0.1, -0.05) is 96.2 Å². The van der Waals surface area contributed by atoms with E-state index in [9.17, 15) is 9.59 Å². The molecule has 32 heavy (non-hydrogen) atoms. The highest BCUT2D eigenvalue weighted by molar-refractivity contribution is 8.26. The van der Waals surface area contributed by atoms with E-state index in [-0.39, 0.29) is 24.8 Å². The summed E-state index contributed by atoms with van der Waals surface area (Å²) in [5.74, 6) is -0.387. The molecule has 0 saturated carbocycles. The summed E-state index contributed by atoms with van der Waals surface area (Å²) in [7, 11) is 0. The van der Waals surface area contributed by atoms with E-state index in [1.165, 1.54) is 16.7 Å². The largest absolute Gasteiger partial charge is 0.326 e. The summed E-state index contributed by atoms with van der Waals surface area (Å²) in [6, 6.07) is 25.0. The first-order chi connectivity index (χ1) is 15.5. The Morgan fingerprint density at radius 1 is 0.969 bits per heavy atom. The van der Waals surface area contributed by atoms with Crippen molar-refractivity contribution >= 4 is 63.5 Å². The number of thioether (sulfide) groups is 1. The Labute approximate surface area is 201 Å². The van der Waals surface area contributed by atoms with Crippen molar-refractivity contribution in [1.29, 1.82) is 0 Å². The van der Waals surface area contributed by atoms with Crippen LogP contribution in [0.25, 0.3) is 17.2 Å². The van der Waals surface area contributed by atoms with Crippen LogP contribution in [0.5, 0.6) is 0 Å². The smallest absolute Gasteiger partial charge is 0.266 e. The van der Waals surface area contributed by atoms with Crippen molar-refractivity contribution in [3.63, 3.8) is 0 Å². The lowest BCUT2D eigenvalue weighted by Crippen LogP contribution is -2.31. The van der Waals surface area contributed by atoms with Gasteiger partial charge in [0.05, 0.1) is 4.91 Å². The average Bonchev–Trinajstić information content (AvgIpc) is 3.07. The second-order valence-corrected chi connectivity index (χ2v) is 9.18. The molecule has 0 bridgehead atoms. The molecule has 3 aromatic carbocycles. The fraction of sp³-hybridized carbons (Fsp3) is 0.0800. The standard InChI is InChI=1S/C25H19ClN2O2S2/c26-21-9-5-4-8-19(21)16-22-24(30)28(25(31)32-22)15-14-23(29)27-20-12-10-18(11-13-20)17-6-2-1-3-7-17/h1-13,16H,14-15H2,(H,27,29)/b22-16+. The van der Waals surface area contributed by atoms with Crippen LogP contribution in [0.4, 0.5) is 5.69 Å². The molecular formula is C25H19ClN2O2S2. The number of hydrogen-bond acceptors (Lipinski definition) is 4. The van der Waals surface area contributed by atoms with Crippen LogP contribution in [-0.4, -0.2) is 27.6 Å². The van der Waals surface area contributed by atoms with Gasteiger partial charge in [-0.25, -0.2) is 0 Å².